The number of hydrogen-bond donors (Lipinski definition) is 0. The molecule has 4 rings (SSSR count). The first-order chi connectivity index (χ1) is 16.1. The summed E-state index contributed by atoms with van der Waals surface area (Å²) < 4.78 is 23.3. The van der Waals surface area contributed by atoms with Crippen LogP contribution < -0.4 is 9.47 Å². The smallest absolute Gasteiger partial charge is 0.190 e. The molecule has 2 aliphatic heterocycles. The van der Waals surface area contributed by atoms with E-state index in [0.29, 0.717) is 13.2 Å². The molecular formula is C28H36N2O4. The largest absolute Gasteiger partial charge is 0.496 e. The van der Waals surface area contributed by atoms with Crippen LogP contribution in [0.15, 0.2) is 52.4 Å². The van der Waals surface area contributed by atoms with Gasteiger partial charge in [0.05, 0.1) is 14.2 Å². The molecule has 0 spiro atoms. The lowest BCUT2D eigenvalue weighted by molar-refractivity contribution is 0.273. The molecule has 0 amide bonds. The highest BCUT2D eigenvalue weighted by Crippen LogP contribution is 2.38. The van der Waals surface area contributed by atoms with Crippen LogP contribution in [0.4, 0.5) is 0 Å². The molecule has 2 aliphatic rings. The zero-order valence-electron chi connectivity index (χ0n) is 21.3. The summed E-state index contributed by atoms with van der Waals surface area (Å²) in [6.07, 6.45) is 0.727. The summed E-state index contributed by atoms with van der Waals surface area (Å²) in [7, 11) is 3.40. The normalized spacial score (nSPS) is 20.3. The van der Waals surface area contributed by atoms with Crippen LogP contribution in [0.25, 0.3) is 0 Å². The third kappa shape index (κ3) is 4.91. The number of hydrogen-bond acceptors (Lipinski definition) is 6. The van der Waals surface area contributed by atoms with Crippen LogP contribution in [0.3, 0.4) is 0 Å². The topological polar surface area (TPSA) is 61.6 Å². The van der Waals surface area contributed by atoms with E-state index in [1.807, 2.05) is 24.3 Å². The van der Waals surface area contributed by atoms with Crippen LogP contribution in [0.5, 0.6) is 11.5 Å². The van der Waals surface area contributed by atoms with Gasteiger partial charge in [-0.1, -0.05) is 58.9 Å². The maximum atomic E-state index is 6.12. The molecule has 0 bridgehead atoms. The molecule has 182 valence electrons. The highest BCUT2D eigenvalue weighted by Gasteiger charge is 2.35. The monoisotopic (exact) mass is 464 g/mol. The number of ether oxygens (including phenoxy) is 4. The molecule has 2 aromatic rings. The van der Waals surface area contributed by atoms with Gasteiger partial charge in [-0.15, -0.1) is 0 Å². The van der Waals surface area contributed by atoms with Crippen molar-refractivity contribution in [3.05, 3.63) is 59.2 Å². The van der Waals surface area contributed by atoms with E-state index >= 15 is 0 Å². The Morgan fingerprint density at radius 3 is 2.15 bits per heavy atom. The van der Waals surface area contributed by atoms with Crippen molar-refractivity contribution in [1.82, 2.24) is 0 Å². The highest BCUT2D eigenvalue weighted by atomic mass is 16.5. The fourth-order valence-corrected chi connectivity index (χ4v) is 4.50. The predicted octanol–water partition coefficient (Wildman–Crippen LogP) is 5.96. The summed E-state index contributed by atoms with van der Waals surface area (Å²) in [4.78, 5) is 9.81. The summed E-state index contributed by atoms with van der Waals surface area (Å²) >= 11 is 0. The Hall–Kier alpha value is -3.02. The van der Waals surface area contributed by atoms with Crippen molar-refractivity contribution < 1.29 is 18.9 Å². The van der Waals surface area contributed by atoms with Crippen LogP contribution in [0, 0.1) is 10.8 Å². The van der Waals surface area contributed by atoms with E-state index in [-0.39, 0.29) is 22.9 Å². The molecule has 0 aliphatic carbocycles. The average Bonchev–Trinajstić information content (AvgIpc) is 3.49. The van der Waals surface area contributed by atoms with Crippen LogP contribution in [0.1, 0.15) is 63.4 Å². The average molecular weight is 465 g/mol. The Bertz CT molecular complexity index is 1100. The summed E-state index contributed by atoms with van der Waals surface area (Å²) in [5, 5.41) is 0. The first kappa shape index (κ1) is 24.1. The zero-order valence-corrected chi connectivity index (χ0v) is 21.3. The van der Waals surface area contributed by atoms with Gasteiger partial charge in [-0.25, -0.2) is 9.98 Å². The molecule has 0 aromatic heterocycles. The van der Waals surface area contributed by atoms with Crippen molar-refractivity contribution in [2.24, 2.45) is 20.8 Å². The molecule has 2 atom stereocenters. The number of nitrogens with zero attached hydrogens (tertiary/aromatic N) is 2. The van der Waals surface area contributed by atoms with Gasteiger partial charge in [0.25, 0.3) is 0 Å². The standard InChI is InChI=1S/C28H36N2O4/c1-27(2,3)25-29-21(16-33-25)18-12-13-23(31-6)19(14-18)15-28(4,5)26-30-22(17-34-26)20-10-8-9-11-24(20)32-7/h8-14,21-22H,15-17H2,1-7H3. The molecule has 6 nitrogen and oxygen atoms in total. The van der Waals surface area contributed by atoms with Gasteiger partial charge in [0.15, 0.2) is 11.8 Å². The van der Waals surface area contributed by atoms with Gasteiger partial charge < -0.3 is 18.9 Å². The number of aliphatic imine (C=N–C) groups is 2. The second-order valence-electron chi connectivity index (χ2n) is 10.6. The molecule has 2 unspecified atom stereocenters. The molecule has 0 N–H and O–H groups in total. The maximum absolute atomic E-state index is 6.12. The molecule has 0 saturated heterocycles. The van der Waals surface area contributed by atoms with Crippen LogP contribution in [-0.2, 0) is 15.9 Å². The lowest BCUT2D eigenvalue weighted by atomic mass is 9.84. The van der Waals surface area contributed by atoms with Crippen LogP contribution in [-0.4, -0.2) is 39.2 Å². The second kappa shape index (κ2) is 9.32. The van der Waals surface area contributed by atoms with E-state index < -0.39 is 0 Å². The minimum Gasteiger partial charge on any atom is -0.496 e. The van der Waals surface area contributed by atoms with Crippen LogP contribution in [0.2, 0.25) is 0 Å². The first-order valence-corrected chi connectivity index (χ1v) is 11.8. The van der Waals surface area contributed by atoms with Crippen molar-refractivity contribution in [2.45, 2.75) is 53.1 Å². The Kier molecular flexibility index (Phi) is 6.61. The number of benzene rings is 2. The van der Waals surface area contributed by atoms with Crippen molar-refractivity contribution in [1.29, 1.82) is 0 Å². The van der Waals surface area contributed by atoms with E-state index in [4.69, 9.17) is 28.9 Å². The molecule has 6 heteroatoms. The van der Waals surface area contributed by atoms with E-state index in [9.17, 15) is 0 Å². The fourth-order valence-electron chi connectivity index (χ4n) is 4.50. The lowest BCUT2D eigenvalue weighted by Gasteiger charge is -2.25. The molecular weight excluding hydrogens is 428 g/mol. The summed E-state index contributed by atoms with van der Waals surface area (Å²) in [5.41, 5.74) is 2.88. The number of rotatable bonds is 7. The van der Waals surface area contributed by atoms with E-state index in [1.54, 1.807) is 14.2 Å². The Balaban J connectivity index is 1.58. The molecule has 0 saturated carbocycles. The van der Waals surface area contributed by atoms with Gasteiger partial charge in [-0.2, -0.15) is 0 Å². The highest BCUT2D eigenvalue weighted by molar-refractivity contribution is 5.84. The molecule has 2 heterocycles. The SMILES string of the molecule is COc1ccc(C2COC(C(C)(C)C)=N2)cc1CC(C)(C)C1=NC(c2ccccc2OC)CO1. The van der Waals surface area contributed by atoms with Gasteiger partial charge in [0.2, 0.25) is 0 Å². The van der Waals surface area contributed by atoms with Crippen LogP contribution >= 0.6 is 0 Å². The zero-order chi connectivity index (χ0) is 24.5. The van der Waals surface area contributed by atoms with Gasteiger partial charge in [-0.05, 0) is 35.7 Å². The maximum Gasteiger partial charge on any atom is 0.190 e. The number of methoxy groups -OCH3 is 2. The predicted molar refractivity (Wildman–Crippen MR) is 135 cm³/mol. The van der Waals surface area contributed by atoms with Gasteiger partial charge in [0.1, 0.15) is 36.8 Å². The molecule has 34 heavy (non-hydrogen) atoms. The quantitative estimate of drug-likeness (QED) is 0.507. The molecule has 2 aromatic carbocycles. The summed E-state index contributed by atoms with van der Waals surface area (Å²) in [6.45, 7) is 11.8. The summed E-state index contributed by atoms with van der Waals surface area (Å²) in [5.74, 6) is 3.26. The minimum atomic E-state index is -0.311. The third-order valence-corrected chi connectivity index (χ3v) is 6.34. The van der Waals surface area contributed by atoms with Gasteiger partial charge >= 0.3 is 0 Å². The van der Waals surface area contributed by atoms with Gasteiger partial charge in [0, 0.05) is 16.4 Å². The van der Waals surface area contributed by atoms with Crippen molar-refractivity contribution in [2.75, 3.05) is 27.4 Å². The van der Waals surface area contributed by atoms with E-state index in [2.05, 4.69) is 52.8 Å². The third-order valence-electron chi connectivity index (χ3n) is 6.34. The minimum absolute atomic E-state index is 0.00279. The summed E-state index contributed by atoms with van der Waals surface area (Å²) in [6, 6.07) is 14.2. The first-order valence-electron chi connectivity index (χ1n) is 11.8. The Morgan fingerprint density at radius 1 is 0.824 bits per heavy atom. The number of para-hydroxylation sites is 1. The van der Waals surface area contributed by atoms with Crippen molar-refractivity contribution in [3.8, 4) is 11.5 Å². The second-order valence-corrected chi connectivity index (χ2v) is 10.6. The van der Waals surface area contributed by atoms with Crippen molar-refractivity contribution >= 4 is 11.8 Å². The van der Waals surface area contributed by atoms with E-state index in [0.717, 1.165) is 46.4 Å². The lowest BCUT2D eigenvalue weighted by Crippen LogP contribution is -2.27. The van der Waals surface area contributed by atoms with E-state index in [1.165, 1.54) is 0 Å². The molecule has 0 radical (unpaired) electrons. The Labute approximate surface area is 203 Å². The fraction of sp³-hybridized carbons (Fsp3) is 0.500. The molecule has 0 fully saturated rings. The van der Waals surface area contributed by atoms with Crippen molar-refractivity contribution in [3.63, 3.8) is 0 Å². The van der Waals surface area contributed by atoms with Gasteiger partial charge in [-0.3, -0.25) is 0 Å². The Morgan fingerprint density at radius 2 is 1.47 bits per heavy atom.